The van der Waals surface area contributed by atoms with Crippen LogP contribution in [0.1, 0.15) is 29.5 Å². The van der Waals surface area contributed by atoms with Crippen molar-refractivity contribution in [1.29, 1.82) is 5.26 Å². The molecule has 1 saturated heterocycles. The third-order valence-corrected chi connectivity index (χ3v) is 5.02. The summed E-state index contributed by atoms with van der Waals surface area (Å²) in [5, 5.41) is 12.3. The van der Waals surface area contributed by atoms with Gasteiger partial charge in [0.1, 0.15) is 17.4 Å². The maximum absolute atomic E-state index is 12.6. The minimum atomic E-state index is -0.493. The summed E-state index contributed by atoms with van der Waals surface area (Å²) in [7, 11) is 0. The number of carbonyl (C=O) groups is 2. The summed E-state index contributed by atoms with van der Waals surface area (Å²) >= 11 is 0. The number of benzene rings is 2. The summed E-state index contributed by atoms with van der Waals surface area (Å²) in [6.07, 6.45) is 3.52. The molecule has 0 aromatic heterocycles. The predicted octanol–water partition coefficient (Wildman–Crippen LogP) is 3.85. The van der Waals surface area contributed by atoms with Crippen molar-refractivity contribution in [3.63, 3.8) is 0 Å². The molecule has 0 saturated carbocycles. The number of hydrogen-bond donors (Lipinski definition) is 1. The highest BCUT2D eigenvalue weighted by Crippen LogP contribution is 2.23. The van der Waals surface area contributed by atoms with Crippen LogP contribution in [0.4, 0.5) is 5.69 Å². The summed E-state index contributed by atoms with van der Waals surface area (Å²) in [4.78, 5) is 26.7. The molecule has 0 atom stereocenters. The lowest BCUT2D eigenvalue weighted by molar-refractivity contribution is -0.132. The highest BCUT2D eigenvalue weighted by atomic mass is 16.5. The molecule has 6 heteroatoms. The van der Waals surface area contributed by atoms with E-state index in [9.17, 15) is 14.9 Å². The topological polar surface area (TPSA) is 82.4 Å². The highest BCUT2D eigenvalue weighted by Gasteiger charge is 2.19. The van der Waals surface area contributed by atoms with Crippen molar-refractivity contribution in [2.45, 2.75) is 26.7 Å². The van der Waals surface area contributed by atoms with Crippen LogP contribution in [0, 0.1) is 25.2 Å². The van der Waals surface area contributed by atoms with Crippen molar-refractivity contribution < 1.29 is 14.3 Å². The van der Waals surface area contributed by atoms with E-state index in [1.165, 1.54) is 6.08 Å². The molecule has 6 nitrogen and oxygen atoms in total. The lowest BCUT2D eigenvalue weighted by Crippen LogP contribution is -2.32. The first-order chi connectivity index (χ1) is 14.5. The largest absolute Gasteiger partial charge is 0.483 e. The summed E-state index contributed by atoms with van der Waals surface area (Å²) in [6, 6.07) is 14.7. The van der Waals surface area contributed by atoms with Gasteiger partial charge < -0.3 is 15.0 Å². The number of hydrogen-bond acceptors (Lipinski definition) is 4. The summed E-state index contributed by atoms with van der Waals surface area (Å²) in [6.45, 7) is 5.34. The van der Waals surface area contributed by atoms with Crippen LogP contribution < -0.4 is 10.1 Å². The molecular weight excluding hydrogens is 378 g/mol. The molecule has 1 aliphatic heterocycles. The standard InChI is InChI=1S/C24H25N3O3/c1-17-9-10-21(18(2)13-17)26-24(29)20(15-25)14-19-7-3-4-8-22(19)30-16-23(28)27-11-5-6-12-27/h3-4,7-10,13-14H,5-6,11-12,16H2,1-2H3,(H,26,29)/b20-14+. The van der Waals surface area contributed by atoms with E-state index in [4.69, 9.17) is 4.74 Å². The molecule has 0 aliphatic carbocycles. The van der Waals surface area contributed by atoms with Crippen LogP contribution in [0.5, 0.6) is 5.75 Å². The highest BCUT2D eigenvalue weighted by molar-refractivity contribution is 6.10. The molecule has 2 aromatic rings. The first kappa shape index (κ1) is 21.1. The zero-order chi connectivity index (χ0) is 21.5. The van der Waals surface area contributed by atoms with Crippen molar-refractivity contribution >= 4 is 23.6 Å². The Bertz CT molecular complexity index is 1010. The minimum absolute atomic E-state index is 0.0445. The summed E-state index contributed by atoms with van der Waals surface area (Å²) in [5.41, 5.74) is 3.20. The van der Waals surface area contributed by atoms with E-state index >= 15 is 0 Å². The van der Waals surface area contributed by atoms with Gasteiger partial charge in [-0.25, -0.2) is 0 Å². The number of likely N-dealkylation sites (tertiary alicyclic amines) is 1. The van der Waals surface area contributed by atoms with E-state index in [1.807, 2.05) is 38.1 Å². The van der Waals surface area contributed by atoms with Gasteiger partial charge in [0.2, 0.25) is 0 Å². The van der Waals surface area contributed by atoms with Gasteiger partial charge in [-0.2, -0.15) is 5.26 Å². The molecule has 2 amide bonds. The van der Waals surface area contributed by atoms with Gasteiger partial charge in [-0.15, -0.1) is 0 Å². The van der Waals surface area contributed by atoms with Crippen molar-refractivity contribution in [1.82, 2.24) is 4.90 Å². The van der Waals surface area contributed by atoms with Gasteiger partial charge in [-0.05, 0) is 50.5 Å². The smallest absolute Gasteiger partial charge is 0.266 e. The number of ether oxygens (including phenoxy) is 1. The fourth-order valence-corrected chi connectivity index (χ4v) is 3.38. The van der Waals surface area contributed by atoms with Crippen molar-refractivity contribution in [2.75, 3.05) is 25.0 Å². The Morgan fingerprint density at radius 3 is 2.60 bits per heavy atom. The van der Waals surface area contributed by atoms with E-state index in [0.29, 0.717) is 17.0 Å². The number of nitrogens with one attached hydrogen (secondary N) is 1. The third kappa shape index (κ3) is 5.26. The van der Waals surface area contributed by atoms with Gasteiger partial charge >= 0.3 is 0 Å². The Morgan fingerprint density at radius 2 is 1.90 bits per heavy atom. The Labute approximate surface area is 176 Å². The predicted molar refractivity (Wildman–Crippen MR) is 116 cm³/mol. The van der Waals surface area contributed by atoms with E-state index in [-0.39, 0.29) is 18.1 Å². The molecule has 3 rings (SSSR count). The fourth-order valence-electron chi connectivity index (χ4n) is 3.38. The first-order valence-corrected chi connectivity index (χ1v) is 9.98. The molecular formula is C24H25N3O3. The average molecular weight is 403 g/mol. The average Bonchev–Trinajstić information content (AvgIpc) is 3.28. The quantitative estimate of drug-likeness (QED) is 0.587. The van der Waals surface area contributed by atoms with Gasteiger partial charge in [0.05, 0.1) is 0 Å². The monoisotopic (exact) mass is 403 g/mol. The Hall–Kier alpha value is -3.59. The molecule has 2 aromatic carbocycles. The molecule has 1 aliphatic rings. The van der Waals surface area contributed by atoms with Crippen LogP contribution in [0.15, 0.2) is 48.0 Å². The van der Waals surface area contributed by atoms with E-state index in [1.54, 1.807) is 29.2 Å². The van der Waals surface area contributed by atoms with Crippen LogP contribution in [-0.2, 0) is 9.59 Å². The van der Waals surface area contributed by atoms with E-state index in [0.717, 1.165) is 37.1 Å². The van der Waals surface area contributed by atoms with Gasteiger partial charge in [0.25, 0.3) is 11.8 Å². The van der Waals surface area contributed by atoms with Gasteiger partial charge in [-0.1, -0.05) is 35.9 Å². The molecule has 0 unspecified atom stereocenters. The van der Waals surface area contributed by atoms with Crippen molar-refractivity contribution in [3.8, 4) is 11.8 Å². The maximum Gasteiger partial charge on any atom is 0.266 e. The molecule has 1 heterocycles. The number of amides is 2. The number of nitrogens with zero attached hydrogens (tertiary/aromatic N) is 2. The maximum atomic E-state index is 12.6. The Kier molecular flexibility index (Phi) is 6.87. The lowest BCUT2D eigenvalue weighted by atomic mass is 10.1. The number of carbonyl (C=O) groups excluding carboxylic acids is 2. The van der Waals surface area contributed by atoms with Crippen LogP contribution in [0.25, 0.3) is 6.08 Å². The van der Waals surface area contributed by atoms with Crippen LogP contribution in [0.2, 0.25) is 0 Å². The minimum Gasteiger partial charge on any atom is -0.483 e. The molecule has 30 heavy (non-hydrogen) atoms. The second-order valence-corrected chi connectivity index (χ2v) is 7.36. The first-order valence-electron chi connectivity index (χ1n) is 9.98. The molecule has 1 N–H and O–H groups in total. The summed E-state index contributed by atoms with van der Waals surface area (Å²) in [5.74, 6) is -0.0936. The SMILES string of the molecule is Cc1ccc(NC(=O)/C(C#N)=C/c2ccccc2OCC(=O)N2CCCC2)c(C)c1. The second kappa shape index (κ2) is 9.75. The van der Waals surface area contributed by atoms with E-state index in [2.05, 4.69) is 5.32 Å². The zero-order valence-corrected chi connectivity index (χ0v) is 17.3. The second-order valence-electron chi connectivity index (χ2n) is 7.36. The summed E-state index contributed by atoms with van der Waals surface area (Å²) < 4.78 is 5.71. The number of anilines is 1. The molecule has 0 radical (unpaired) electrons. The third-order valence-electron chi connectivity index (χ3n) is 5.02. The fraction of sp³-hybridized carbons (Fsp3) is 0.292. The molecule has 0 bridgehead atoms. The van der Waals surface area contributed by atoms with Crippen molar-refractivity contribution in [3.05, 3.63) is 64.7 Å². The Morgan fingerprint density at radius 1 is 1.17 bits per heavy atom. The van der Waals surface area contributed by atoms with Gasteiger partial charge in [-0.3, -0.25) is 9.59 Å². The normalized spacial score (nSPS) is 13.6. The lowest BCUT2D eigenvalue weighted by Gasteiger charge is -2.16. The number of aryl methyl sites for hydroxylation is 2. The number of para-hydroxylation sites is 1. The van der Waals surface area contributed by atoms with E-state index < -0.39 is 5.91 Å². The van der Waals surface area contributed by atoms with Gasteiger partial charge in [0.15, 0.2) is 6.61 Å². The van der Waals surface area contributed by atoms with Crippen molar-refractivity contribution in [2.24, 2.45) is 0 Å². The molecule has 0 spiro atoms. The number of rotatable bonds is 6. The van der Waals surface area contributed by atoms with Crippen LogP contribution in [0.3, 0.4) is 0 Å². The molecule has 154 valence electrons. The Balaban J connectivity index is 1.74. The number of nitriles is 1. The van der Waals surface area contributed by atoms with Crippen LogP contribution in [-0.4, -0.2) is 36.4 Å². The van der Waals surface area contributed by atoms with Crippen LogP contribution >= 0.6 is 0 Å². The zero-order valence-electron chi connectivity index (χ0n) is 17.3. The van der Waals surface area contributed by atoms with Gasteiger partial charge in [0, 0.05) is 24.3 Å². The molecule has 1 fully saturated rings.